The van der Waals surface area contributed by atoms with E-state index in [1.54, 1.807) is 12.7 Å². The minimum absolute atomic E-state index is 0.0369. The first-order valence-corrected chi connectivity index (χ1v) is 11.6. The van der Waals surface area contributed by atoms with Crippen molar-refractivity contribution in [1.82, 2.24) is 19.1 Å². The molecule has 174 valence electrons. The summed E-state index contributed by atoms with van der Waals surface area (Å²) < 4.78 is 31.2. The van der Waals surface area contributed by atoms with Crippen molar-refractivity contribution in [1.29, 1.82) is 0 Å². The van der Waals surface area contributed by atoms with Crippen LogP contribution in [0.4, 0.5) is 14.5 Å². The fourth-order valence-corrected chi connectivity index (χ4v) is 5.94. The molecule has 2 unspecified atom stereocenters. The van der Waals surface area contributed by atoms with Gasteiger partial charge in [-0.15, -0.1) is 0 Å². The molecular weight excluding hydrogens is 436 g/mol. The molecule has 0 aliphatic heterocycles. The van der Waals surface area contributed by atoms with Crippen LogP contribution in [0.3, 0.4) is 0 Å². The van der Waals surface area contributed by atoms with Crippen molar-refractivity contribution in [3.63, 3.8) is 0 Å². The molecule has 0 bridgehead atoms. The van der Waals surface area contributed by atoms with Gasteiger partial charge in [0.25, 0.3) is 0 Å². The lowest BCUT2D eigenvalue weighted by molar-refractivity contribution is -0.120. The van der Waals surface area contributed by atoms with E-state index in [-0.39, 0.29) is 17.9 Å². The topological polar surface area (TPSA) is 64.7 Å². The third kappa shape index (κ3) is 3.40. The highest BCUT2D eigenvalue weighted by Crippen LogP contribution is 2.64. The Labute approximate surface area is 195 Å². The number of halogens is 2. The number of aromatic nitrogens is 4. The van der Waals surface area contributed by atoms with Gasteiger partial charge in [-0.25, -0.2) is 18.7 Å². The van der Waals surface area contributed by atoms with Crippen LogP contribution in [0, 0.1) is 35.3 Å². The summed E-state index contributed by atoms with van der Waals surface area (Å²) in [5.74, 6) is -0.476. The van der Waals surface area contributed by atoms with Gasteiger partial charge < -0.3 is 14.5 Å². The van der Waals surface area contributed by atoms with Crippen molar-refractivity contribution in [2.24, 2.45) is 30.7 Å². The quantitative estimate of drug-likeness (QED) is 0.445. The smallest absolute Gasteiger partial charge is 0.227 e. The minimum Gasteiger partial charge on any atom is -0.334 e. The monoisotopic (exact) mass is 461 g/mol. The molecule has 4 aromatic rings. The van der Waals surface area contributed by atoms with Gasteiger partial charge in [0.05, 0.1) is 35.6 Å². The zero-order valence-electron chi connectivity index (χ0n) is 19.0. The molecule has 0 radical (unpaired) electrons. The largest absolute Gasteiger partial charge is 0.334 e. The van der Waals surface area contributed by atoms with Crippen molar-refractivity contribution in [2.75, 3.05) is 5.32 Å². The lowest BCUT2D eigenvalue weighted by atomic mass is 9.96. The number of carbonyl (C=O) groups is 1. The van der Waals surface area contributed by atoms with Gasteiger partial charge in [-0.05, 0) is 48.3 Å². The molecule has 8 heteroatoms. The highest BCUT2D eigenvalue weighted by Gasteiger charge is 2.59. The van der Waals surface area contributed by atoms with Gasteiger partial charge in [-0.3, -0.25) is 4.79 Å². The molecule has 0 saturated heterocycles. The van der Waals surface area contributed by atoms with E-state index in [9.17, 15) is 13.6 Å². The Hall–Kier alpha value is -3.55. The first-order chi connectivity index (χ1) is 16.4. The maximum absolute atomic E-state index is 13.8. The molecule has 6 rings (SSSR count). The van der Waals surface area contributed by atoms with Gasteiger partial charge in [0.15, 0.2) is 11.6 Å². The van der Waals surface area contributed by atoms with Crippen LogP contribution < -0.4 is 5.32 Å². The van der Waals surface area contributed by atoms with Crippen LogP contribution in [0.5, 0.6) is 0 Å². The van der Waals surface area contributed by atoms with Gasteiger partial charge >= 0.3 is 0 Å². The SMILES string of the molecule is C[C@H](C(=O)Nc1ccc(-c2cncn2C)cc1)C1[C@H]2CC(n3cnc4cc(F)c(F)cc43)C[C@@H]12. The molecule has 2 saturated carbocycles. The number of imidazole rings is 2. The molecule has 5 atom stereocenters. The maximum Gasteiger partial charge on any atom is 0.227 e. The number of rotatable bonds is 5. The standard InChI is InChI=1S/C26H25F2N5O/c1-14(26(34)31-16-5-3-15(4-6-16)24-11-29-12-32(24)2)25-18-7-17(8-19(18)25)33-13-30-22-9-20(27)21(28)10-23(22)33/h3-6,9-14,17-19,25H,7-8H2,1-2H3,(H,31,34)/t14-,17?,18-,19+,25?/m0/s1. The molecule has 6 nitrogen and oxygen atoms in total. The minimum atomic E-state index is -0.876. The second-order valence-corrected chi connectivity index (χ2v) is 9.68. The van der Waals surface area contributed by atoms with E-state index in [0.29, 0.717) is 28.8 Å². The lowest BCUT2D eigenvalue weighted by Crippen LogP contribution is -2.24. The molecule has 2 fully saturated rings. The number of nitrogens with one attached hydrogen (secondary N) is 1. The number of hydrogen-bond acceptors (Lipinski definition) is 3. The van der Waals surface area contributed by atoms with Crippen LogP contribution in [-0.2, 0) is 11.8 Å². The zero-order chi connectivity index (χ0) is 23.6. The van der Waals surface area contributed by atoms with Gasteiger partial charge in [0.1, 0.15) is 0 Å². The van der Waals surface area contributed by atoms with Crippen LogP contribution in [0.1, 0.15) is 25.8 Å². The van der Waals surface area contributed by atoms with E-state index in [2.05, 4.69) is 15.3 Å². The second kappa shape index (κ2) is 7.75. The summed E-state index contributed by atoms with van der Waals surface area (Å²) in [5.41, 5.74) is 3.94. The Bertz CT molecular complexity index is 1380. The fourth-order valence-electron chi connectivity index (χ4n) is 5.94. The van der Waals surface area contributed by atoms with E-state index in [1.165, 1.54) is 6.07 Å². The van der Waals surface area contributed by atoms with Crippen molar-refractivity contribution in [3.8, 4) is 11.3 Å². The molecule has 2 aromatic carbocycles. The third-order valence-corrected chi connectivity index (χ3v) is 7.75. The maximum atomic E-state index is 13.8. The molecule has 2 aromatic heterocycles. The van der Waals surface area contributed by atoms with Crippen molar-refractivity contribution in [2.45, 2.75) is 25.8 Å². The van der Waals surface area contributed by atoms with E-state index < -0.39 is 11.6 Å². The Morgan fingerprint density at radius 2 is 1.79 bits per heavy atom. The number of fused-ring (bicyclic) bond motifs is 2. The Kier molecular flexibility index (Phi) is 4.79. The molecule has 0 spiro atoms. The summed E-state index contributed by atoms with van der Waals surface area (Å²) in [6, 6.07) is 10.4. The Morgan fingerprint density at radius 1 is 1.09 bits per heavy atom. The summed E-state index contributed by atoms with van der Waals surface area (Å²) in [6.07, 6.45) is 7.11. The number of hydrogen-bond donors (Lipinski definition) is 1. The van der Waals surface area contributed by atoms with Crippen LogP contribution in [0.15, 0.2) is 55.2 Å². The van der Waals surface area contributed by atoms with E-state index >= 15 is 0 Å². The molecule has 2 aliphatic carbocycles. The fraction of sp³-hybridized carbons (Fsp3) is 0.346. The molecule has 1 amide bonds. The average molecular weight is 462 g/mol. The van der Waals surface area contributed by atoms with Crippen LogP contribution in [0.2, 0.25) is 0 Å². The summed E-state index contributed by atoms with van der Waals surface area (Å²) in [7, 11) is 1.95. The van der Waals surface area contributed by atoms with E-state index in [4.69, 9.17) is 0 Å². The number of amides is 1. The number of nitrogens with zero attached hydrogens (tertiary/aromatic N) is 4. The lowest BCUT2D eigenvalue weighted by Gasteiger charge is -2.20. The third-order valence-electron chi connectivity index (χ3n) is 7.75. The second-order valence-electron chi connectivity index (χ2n) is 9.68. The van der Waals surface area contributed by atoms with Crippen molar-refractivity contribution in [3.05, 3.63) is 66.9 Å². The summed E-state index contributed by atoms with van der Waals surface area (Å²) in [4.78, 5) is 21.3. The average Bonchev–Trinajstić information content (AvgIpc) is 3.21. The van der Waals surface area contributed by atoms with Crippen LogP contribution in [0.25, 0.3) is 22.3 Å². The van der Waals surface area contributed by atoms with Gasteiger partial charge in [-0.2, -0.15) is 0 Å². The first-order valence-electron chi connectivity index (χ1n) is 11.6. The summed E-state index contributed by atoms with van der Waals surface area (Å²) >= 11 is 0. The number of anilines is 1. The van der Waals surface area contributed by atoms with Crippen molar-refractivity contribution >= 4 is 22.6 Å². The van der Waals surface area contributed by atoms with E-state index in [0.717, 1.165) is 35.9 Å². The van der Waals surface area contributed by atoms with E-state index in [1.807, 2.05) is 53.6 Å². The number of benzene rings is 2. The van der Waals surface area contributed by atoms with Crippen LogP contribution >= 0.6 is 0 Å². The predicted octanol–water partition coefficient (Wildman–Crippen LogP) is 5.19. The summed E-state index contributed by atoms with van der Waals surface area (Å²) in [6.45, 7) is 2.00. The highest BCUT2D eigenvalue weighted by molar-refractivity contribution is 5.93. The number of carbonyl (C=O) groups excluding carboxylic acids is 1. The first kappa shape index (κ1) is 21.0. The van der Waals surface area contributed by atoms with Gasteiger partial charge in [0.2, 0.25) is 5.91 Å². The molecule has 34 heavy (non-hydrogen) atoms. The summed E-state index contributed by atoms with van der Waals surface area (Å²) in [5, 5.41) is 3.06. The molecule has 2 aliphatic rings. The van der Waals surface area contributed by atoms with Gasteiger partial charge in [-0.1, -0.05) is 19.1 Å². The van der Waals surface area contributed by atoms with Crippen molar-refractivity contribution < 1.29 is 13.6 Å². The van der Waals surface area contributed by atoms with Crippen LogP contribution in [-0.4, -0.2) is 25.0 Å². The Balaban J connectivity index is 1.09. The predicted molar refractivity (Wildman–Crippen MR) is 125 cm³/mol. The molecule has 1 N–H and O–H groups in total. The Morgan fingerprint density at radius 3 is 2.47 bits per heavy atom. The van der Waals surface area contributed by atoms with Gasteiger partial charge in [0, 0.05) is 36.8 Å². The molecule has 2 heterocycles. The highest BCUT2D eigenvalue weighted by atomic mass is 19.2. The molecular formula is C26H25F2N5O. The normalized spacial score (nSPS) is 24.2. The zero-order valence-corrected chi connectivity index (χ0v) is 19.0. The number of aryl methyl sites for hydroxylation is 1.